The lowest BCUT2D eigenvalue weighted by atomic mass is 10.1. The van der Waals surface area contributed by atoms with E-state index in [9.17, 15) is 0 Å². The van der Waals surface area contributed by atoms with Gasteiger partial charge in [-0.15, -0.1) is 0 Å². The van der Waals surface area contributed by atoms with E-state index in [2.05, 4.69) is 34.7 Å². The Morgan fingerprint density at radius 1 is 1.18 bits per heavy atom. The molecular formula is C17H29N3O2. The summed E-state index contributed by atoms with van der Waals surface area (Å²) in [6, 6.07) is 8.46. The van der Waals surface area contributed by atoms with Crippen LogP contribution in [-0.4, -0.2) is 45.4 Å². The highest BCUT2D eigenvalue weighted by molar-refractivity contribution is 5.79. The Labute approximate surface area is 134 Å². The zero-order valence-corrected chi connectivity index (χ0v) is 14.3. The summed E-state index contributed by atoms with van der Waals surface area (Å²) in [4.78, 5) is 4.21. The molecule has 2 N–H and O–H groups in total. The highest BCUT2D eigenvalue weighted by Crippen LogP contribution is 2.13. The molecule has 0 saturated carbocycles. The number of ether oxygens (including phenoxy) is 2. The molecule has 0 radical (unpaired) electrons. The molecule has 1 unspecified atom stereocenters. The lowest BCUT2D eigenvalue weighted by Gasteiger charge is -2.17. The Morgan fingerprint density at radius 2 is 1.86 bits per heavy atom. The van der Waals surface area contributed by atoms with Crippen molar-refractivity contribution in [1.82, 2.24) is 10.6 Å². The van der Waals surface area contributed by atoms with Crippen molar-refractivity contribution in [3.8, 4) is 5.75 Å². The number of rotatable bonds is 8. The van der Waals surface area contributed by atoms with Crippen LogP contribution in [0.15, 0.2) is 29.3 Å². The lowest BCUT2D eigenvalue weighted by molar-refractivity contribution is 0.179. The summed E-state index contributed by atoms with van der Waals surface area (Å²) in [5.41, 5.74) is 1.27. The molecule has 0 bridgehead atoms. The minimum atomic E-state index is 0.205. The van der Waals surface area contributed by atoms with E-state index in [0.29, 0.717) is 6.61 Å². The molecule has 0 aliphatic carbocycles. The average Bonchev–Trinajstić information content (AvgIpc) is 2.47. The van der Waals surface area contributed by atoms with E-state index < -0.39 is 0 Å². The van der Waals surface area contributed by atoms with Gasteiger partial charge in [-0.25, -0.2) is 0 Å². The molecule has 1 rings (SSSR count). The number of hydrogen-bond donors (Lipinski definition) is 2. The Kier molecular flexibility index (Phi) is 8.36. The second-order valence-corrected chi connectivity index (χ2v) is 5.56. The van der Waals surface area contributed by atoms with Crippen LogP contribution in [-0.2, 0) is 11.2 Å². The molecule has 0 spiro atoms. The van der Waals surface area contributed by atoms with Gasteiger partial charge in [-0.3, -0.25) is 4.99 Å². The van der Waals surface area contributed by atoms with Crippen molar-refractivity contribution in [1.29, 1.82) is 0 Å². The number of hydrogen-bond acceptors (Lipinski definition) is 3. The topological polar surface area (TPSA) is 54.9 Å². The normalized spacial score (nSPS) is 13.1. The van der Waals surface area contributed by atoms with Crippen molar-refractivity contribution in [2.75, 3.05) is 27.3 Å². The van der Waals surface area contributed by atoms with E-state index in [-0.39, 0.29) is 12.1 Å². The molecule has 5 nitrogen and oxygen atoms in total. The Morgan fingerprint density at radius 3 is 2.41 bits per heavy atom. The third-order valence-electron chi connectivity index (χ3n) is 3.02. The van der Waals surface area contributed by atoms with Crippen LogP contribution in [0.3, 0.4) is 0 Å². The minimum Gasteiger partial charge on any atom is -0.491 e. The van der Waals surface area contributed by atoms with Crippen LogP contribution in [0, 0.1) is 0 Å². The molecule has 0 heterocycles. The van der Waals surface area contributed by atoms with Gasteiger partial charge in [0.25, 0.3) is 0 Å². The van der Waals surface area contributed by atoms with Crippen molar-refractivity contribution in [2.45, 2.75) is 39.3 Å². The molecule has 1 aromatic carbocycles. The van der Waals surface area contributed by atoms with Crippen LogP contribution >= 0.6 is 0 Å². The number of nitrogens with zero attached hydrogens (tertiary/aromatic N) is 1. The van der Waals surface area contributed by atoms with Crippen LogP contribution < -0.4 is 15.4 Å². The smallest absolute Gasteiger partial charge is 0.191 e. The van der Waals surface area contributed by atoms with Crippen LogP contribution in [0.1, 0.15) is 26.3 Å². The first-order valence-corrected chi connectivity index (χ1v) is 7.77. The fraction of sp³-hybridized carbons (Fsp3) is 0.588. The van der Waals surface area contributed by atoms with Crippen LogP contribution in [0.5, 0.6) is 5.75 Å². The summed E-state index contributed by atoms with van der Waals surface area (Å²) in [6.45, 7) is 7.59. The van der Waals surface area contributed by atoms with Gasteiger partial charge < -0.3 is 20.1 Å². The minimum absolute atomic E-state index is 0.205. The fourth-order valence-corrected chi connectivity index (χ4v) is 2.05. The van der Waals surface area contributed by atoms with Crippen molar-refractivity contribution in [3.05, 3.63) is 29.8 Å². The summed E-state index contributed by atoms with van der Waals surface area (Å²) >= 11 is 0. The lowest BCUT2D eigenvalue weighted by Crippen LogP contribution is -2.44. The van der Waals surface area contributed by atoms with Crippen LogP contribution in [0.4, 0.5) is 0 Å². The van der Waals surface area contributed by atoms with E-state index in [1.165, 1.54) is 5.56 Å². The standard InChI is InChI=1S/C17H29N3O2/c1-13(2)22-16-8-6-15(7-9-16)10-11-19-17(18-4)20-14(3)12-21-5/h6-9,13-14H,10-12H2,1-5H3,(H2,18,19,20). The molecule has 1 atom stereocenters. The molecule has 22 heavy (non-hydrogen) atoms. The van der Waals surface area contributed by atoms with Crippen molar-refractivity contribution in [2.24, 2.45) is 4.99 Å². The van der Waals surface area contributed by atoms with Crippen molar-refractivity contribution in [3.63, 3.8) is 0 Å². The third kappa shape index (κ3) is 7.31. The number of nitrogens with one attached hydrogen (secondary N) is 2. The SMILES string of the molecule is CN=C(NCCc1ccc(OC(C)C)cc1)NC(C)COC. The van der Waals surface area contributed by atoms with Gasteiger partial charge in [-0.2, -0.15) is 0 Å². The van der Waals surface area contributed by atoms with Crippen LogP contribution in [0.25, 0.3) is 0 Å². The highest BCUT2D eigenvalue weighted by atomic mass is 16.5. The first kappa shape index (κ1) is 18.3. The van der Waals surface area contributed by atoms with E-state index >= 15 is 0 Å². The molecular weight excluding hydrogens is 278 g/mol. The molecule has 1 aromatic rings. The van der Waals surface area contributed by atoms with E-state index in [0.717, 1.165) is 24.7 Å². The second-order valence-electron chi connectivity index (χ2n) is 5.56. The summed E-state index contributed by atoms with van der Waals surface area (Å²) in [7, 11) is 3.47. The number of methoxy groups -OCH3 is 1. The van der Waals surface area contributed by atoms with Gasteiger partial charge in [-0.05, 0) is 44.9 Å². The summed E-state index contributed by atoms with van der Waals surface area (Å²) < 4.78 is 10.7. The Hall–Kier alpha value is -1.75. The largest absolute Gasteiger partial charge is 0.491 e. The van der Waals surface area contributed by atoms with E-state index in [4.69, 9.17) is 9.47 Å². The molecule has 0 amide bonds. The summed E-state index contributed by atoms with van der Waals surface area (Å²) in [5.74, 6) is 1.71. The van der Waals surface area contributed by atoms with Crippen molar-refractivity contribution >= 4 is 5.96 Å². The zero-order valence-electron chi connectivity index (χ0n) is 14.3. The molecule has 0 aromatic heterocycles. The summed E-state index contributed by atoms with van der Waals surface area (Å²) in [6.07, 6.45) is 1.14. The second kappa shape index (κ2) is 10.1. The van der Waals surface area contributed by atoms with Gasteiger partial charge in [0.15, 0.2) is 5.96 Å². The van der Waals surface area contributed by atoms with E-state index in [1.807, 2.05) is 26.0 Å². The molecule has 124 valence electrons. The van der Waals surface area contributed by atoms with Gasteiger partial charge >= 0.3 is 0 Å². The zero-order chi connectivity index (χ0) is 16.4. The predicted octanol–water partition coefficient (Wildman–Crippen LogP) is 2.22. The number of guanidine groups is 1. The van der Waals surface area contributed by atoms with Gasteiger partial charge in [-0.1, -0.05) is 12.1 Å². The molecule has 5 heteroatoms. The number of aliphatic imine (C=N–C) groups is 1. The average molecular weight is 307 g/mol. The molecule has 0 aliphatic rings. The van der Waals surface area contributed by atoms with Gasteiger partial charge in [0.2, 0.25) is 0 Å². The van der Waals surface area contributed by atoms with Gasteiger partial charge in [0.1, 0.15) is 5.75 Å². The van der Waals surface area contributed by atoms with Crippen LogP contribution in [0.2, 0.25) is 0 Å². The predicted molar refractivity (Wildman–Crippen MR) is 91.7 cm³/mol. The number of benzene rings is 1. The first-order valence-electron chi connectivity index (χ1n) is 7.77. The fourth-order valence-electron chi connectivity index (χ4n) is 2.05. The molecule has 0 aliphatic heterocycles. The summed E-state index contributed by atoms with van der Waals surface area (Å²) in [5, 5.41) is 6.58. The quantitative estimate of drug-likeness (QED) is 0.571. The van der Waals surface area contributed by atoms with Gasteiger partial charge in [0, 0.05) is 26.7 Å². The Balaban J connectivity index is 2.36. The van der Waals surface area contributed by atoms with E-state index in [1.54, 1.807) is 14.2 Å². The maximum atomic E-state index is 5.64. The molecule has 0 fully saturated rings. The maximum Gasteiger partial charge on any atom is 0.191 e. The first-order chi connectivity index (χ1) is 10.5. The van der Waals surface area contributed by atoms with Gasteiger partial charge in [0.05, 0.1) is 12.7 Å². The highest BCUT2D eigenvalue weighted by Gasteiger charge is 2.04. The third-order valence-corrected chi connectivity index (χ3v) is 3.02. The monoisotopic (exact) mass is 307 g/mol. The van der Waals surface area contributed by atoms with Crippen molar-refractivity contribution < 1.29 is 9.47 Å². The maximum absolute atomic E-state index is 5.64. The Bertz CT molecular complexity index is 444. The molecule has 0 saturated heterocycles.